The number of rotatable bonds is 2. The minimum Gasteiger partial charge on any atom is -0.374 e. The van der Waals surface area contributed by atoms with Crippen LogP contribution in [0, 0.1) is 0 Å². The van der Waals surface area contributed by atoms with Gasteiger partial charge in [-0.3, -0.25) is 0 Å². The zero-order valence-corrected chi connectivity index (χ0v) is 8.77. The topological polar surface area (TPSA) is 9.23 Å². The molecule has 0 N–H and O–H groups in total. The molecule has 1 heterocycles. The second-order valence-electron chi connectivity index (χ2n) is 3.15. The van der Waals surface area contributed by atoms with Crippen molar-refractivity contribution < 1.29 is 4.74 Å². The lowest BCUT2D eigenvalue weighted by atomic mass is 10.1. The van der Waals surface area contributed by atoms with Gasteiger partial charge in [-0.15, -0.1) is 0 Å². The highest BCUT2D eigenvalue weighted by atomic mass is 35.7. The van der Waals surface area contributed by atoms with Gasteiger partial charge >= 0.3 is 0 Å². The Morgan fingerprint density at radius 3 is 3.08 bits per heavy atom. The van der Waals surface area contributed by atoms with Crippen molar-refractivity contribution in [3.63, 3.8) is 0 Å². The van der Waals surface area contributed by atoms with Crippen molar-refractivity contribution in [2.24, 2.45) is 0 Å². The van der Waals surface area contributed by atoms with Crippen LogP contribution < -0.4 is 0 Å². The van der Waals surface area contributed by atoms with Gasteiger partial charge in [0.15, 0.2) is 0 Å². The molecule has 0 bridgehead atoms. The van der Waals surface area contributed by atoms with Crippen LogP contribution in [0.1, 0.15) is 24.5 Å². The molecule has 0 spiro atoms. The highest BCUT2D eigenvalue weighted by Crippen LogP contribution is 2.31. The standard InChI is InChI=1S/C10H11ClOS/c11-13-9-4-1-3-8(7-9)10-5-2-6-12-10/h1,3-4,7,10H,2,5-6H2. The predicted octanol–water partition coefficient (Wildman–Crippen LogP) is 3.78. The number of benzene rings is 1. The van der Waals surface area contributed by atoms with Crippen LogP contribution in [-0.4, -0.2) is 6.61 Å². The largest absolute Gasteiger partial charge is 0.374 e. The maximum absolute atomic E-state index is 5.68. The Kier molecular flexibility index (Phi) is 3.14. The molecule has 1 nitrogen and oxygen atoms in total. The van der Waals surface area contributed by atoms with Crippen LogP contribution in [0.5, 0.6) is 0 Å². The molecule has 70 valence electrons. The van der Waals surface area contributed by atoms with E-state index >= 15 is 0 Å². The Morgan fingerprint density at radius 2 is 2.38 bits per heavy atom. The summed E-state index contributed by atoms with van der Waals surface area (Å²) < 4.78 is 5.59. The summed E-state index contributed by atoms with van der Waals surface area (Å²) in [5.41, 5.74) is 1.25. The van der Waals surface area contributed by atoms with Crippen LogP contribution in [-0.2, 0) is 4.74 Å². The van der Waals surface area contributed by atoms with Crippen molar-refractivity contribution in [3.8, 4) is 0 Å². The molecule has 1 aromatic rings. The first-order valence-electron chi connectivity index (χ1n) is 4.40. The summed E-state index contributed by atoms with van der Waals surface area (Å²) in [6.07, 6.45) is 2.60. The minimum absolute atomic E-state index is 0.295. The fourth-order valence-corrected chi connectivity index (χ4v) is 2.20. The first-order chi connectivity index (χ1) is 6.40. The Hall–Kier alpha value is -0.180. The van der Waals surface area contributed by atoms with E-state index in [2.05, 4.69) is 12.1 Å². The molecule has 1 aliphatic rings. The lowest BCUT2D eigenvalue weighted by molar-refractivity contribution is 0.112. The lowest BCUT2D eigenvalue weighted by Gasteiger charge is -2.09. The molecule has 0 radical (unpaired) electrons. The molecule has 1 atom stereocenters. The first kappa shape index (κ1) is 9.38. The molecular weight excluding hydrogens is 204 g/mol. The van der Waals surface area contributed by atoms with E-state index in [1.807, 2.05) is 12.1 Å². The van der Waals surface area contributed by atoms with Gasteiger partial charge < -0.3 is 4.74 Å². The van der Waals surface area contributed by atoms with Crippen molar-refractivity contribution in [3.05, 3.63) is 29.8 Å². The third-order valence-corrected chi connectivity index (χ3v) is 3.22. The van der Waals surface area contributed by atoms with Gasteiger partial charge in [0.1, 0.15) is 0 Å². The zero-order valence-electron chi connectivity index (χ0n) is 7.20. The van der Waals surface area contributed by atoms with Gasteiger partial charge in [0.25, 0.3) is 0 Å². The first-order valence-corrected chi connectivity index (χ1v) is 6.04. The lowest BCUT2D eigenvalue weighted by Crippen LogP contribution is -1.94. The fourth-order valence-electron chi connectivity index (χ4n) is 1.60. The Bertz CT molecular complexity index is 284. The van der Waals surface area contributed by atoms with Crippen LogP contribution in [0.25, 0.3) is 0 Å². The van der Waals surface area contributed by atoms with Gasteiger partial charge in [-0.1, -0.05) is 12.1 Å². The molecular formula is C10H11ClOS. The molecule has 1 aliphatic heterocycles. The molecule has 2 rings (SSSR count). The van der Waals surface area contributed by atoms with Crippen molar-refractivity contribution in [1.82, 2.24) is 0 Å². The van der Waals surface area contributed by atoms with Gasteiger partial charge in [-0.05, 0) is 52.2 Å². The van der Waals surface area contributed by atoms with E-state index < -0.39 is 0 Å². The molecule has 3 heteroatoms. The smallest absolute Gasteiger partial charge is 0.0826 e. The molecule has 1 unspecified atom stereocenters. The van der Waals surface area contributed by atoms with Crippen LogP contribution in [0.3, 0.4) is 0 Å². The summed E-state index contributed by atoms with van der Waals surface area (Å²) >= 11 is 0. The van der Waals surface area contributed by atoms with Crippen molar-refractivity contribution in [1.29, 1.82) is 0 Å². The van der Waals surface area contributed by atoms with E-state index in [0.29, 0.717) is 6.10 Å². The number of hydrogen-bond acceptors (Lipinski definition) is 2. The minimum atomic E-state index is 0.295. The van der Waals surface area contributed by atoms with Crippen LogP contribution in [0.4, 0.5) is 0 Å². The van der Waals surface area contributed by atoms with Gasteiger partial charge in [-0.25, -0.2) is 0 Å². The molecule has 1 saturated heterocycles. The average Bonchev–Trinajstić information content (AvgIpc) is 2.71. The summed E-state index contributed by atoms with van der Waals surface area (Å²) in [5, 5.41) is 0. The fraction of sp³-hybridized carbons (Fsp3) is 0.400. The van der Waals surface area contributed by atoms with Crippen molar-refractivity contribution in [2.45, 2.75) is 23.8 Å². The summed E-state index contributed by atoms with van der Waals surface area (Å²) in [7, 11) is 6.94. The molecule has 0 amide bonds. The number of halogens is 1. The molecule has 0 aromatic heterocycles. The number of hydrogen-bond donors (Lipinski definition) is 0. The molecule has 0 saturated carbocycles. The molecule has 1 aromatic carbocycles. The SMILES string of the molecule is ClSc1cccc(C2CCCO2)c1. The monoisotopic (exact) mass is 214 g/mol. The maximum atomic E-state index is 5.68. The zero-order chi connectivity index (χ0) is 9.10. The number of ether oxygens (including phenoxy) is 1. The normalized spacial score (nSPS) is 22.1. The van der Waals surface area contributed by atoms with Gasteiger partial charge in [0, 0.05) is 11.5 Å². The third-order valence-electron chi connectivity index (χ3n) is 2.25. The van der Waals surface area contributed by atoms with E-state index in [1.54, 1.807) is 0 Å². The molecule has 0 aliphatic carbocycles. The quantitative estimate of drug-likeness (QED) is 0.741. The highest BCUT2D eigenvalue weighted by molar-refractivity contribution is 8.21. The second kappa shape index (κ2) is 4.36. The van der Waals surface area contributed by atoms with Gasteiger partial charge in [0.05, 0.1) is 6.10 Å². The average molecular weight is 215 g/mol. The van der Waals surface area contributed by atoms with Crippen molar-refractivity contribution >= 4 is 21.7 Å². The predicted molar refractivity (Wildman–Crippen MR) is 56.1 cm³/mol. The summed E-state index contributed by atoms with van der Waals surface area (Å²) in [6, 6.07) is 8.25. The summed E-state index contributed by atoms with van der Waals surface area (Å²) in [5.74, 6) is 0. The van der Waals surface area contributed by atoms with Crippen LogP contribution in [0.2, 0.25) is 0 Å². The van der Waals surface area contributed by atoms with E-state index in [-0.39, 0.29) is 0 Å². The van der Waals surface area contributed by atoms with E-state index in [9.17, 15) is 0 Å². The van der Waals surface area contributed by atoms with E-state index in [1.165, 1.54) is 23.0 Å². The molecule has 13 heavy (non-hydrogen) atoms. The second-order valence-corrected chi connectivity index (χ2v) is 4.24. The Morgan fingerprint density at radius 1 is 1.46 bits per heavy atom. The van der Waals surface area contributed by atoms with Gasteiger partial charge in [0.2, 0.25) is 0 Å². The molecule has 1 fully saturated rings. The van der Waals surface area contributed by atoms with E-state index in [4.69, 9.17) is 15.4 Å². The Balaban J connectivity index is 2.18. The van der Waals surface area contributed by atoms with Gasteiger partial charge in [-0.2, -0.15) is 0 Å². The Labute approximate surface area is 86.9 Å². The third kappa shape index (κ3) is 2.19. The van der Waals surface area contributed by atoms with Crippen molar-refractivity contribution in [2.75, 3.05) is 6.61 Å². The van der Waals surface area contributed by atoms with Crippen LogP contribution in [0.15, 0.2) is 29.2 Å². The summed E-state index contributed by atoms with van der Waals surface area (Å²) in [6.45, 7) is 0.892. The maximum Gasteiger partial charge on any atom is 0.0826 e. The summed E-state index contributed by atoms with van der Waals surface area (Å²) in [4.78, 5) is 1.09. The van der Waals surface area contributed by atoms with E-state index in [0.717, 1.165) is 17.9 Å². The highest BCUT2D eigenvalue weighted by Gasteiger charge is 2.17. The van der Waals surface area contributed by atoms with Crippen LogP contribution >= 0.6 is 21.7 Å².